The van der Waals surface area contributed by atoms with Crippen LogP contribution in [0.15, 0.2) is 42.5 Å². The lowest BCUT2D eigenvalue weighted by atomic mass is 10.1. The lowest BCUT2D eigenvalue weighted by Crippen LogP contribution is -2.11. The van der Waals surface area contributed by atoms with E-state index in [2.05, 4.69) is 10.2 Å². The molecule has 1 aliphatic rings. The number of carbonyl (C=O) groups excluding carboxylic acids is 1. The summed E-state index contributed by atoms with van der Waals surface area (Å²) in [7, 11) is 0. The third-order valence-electron chi connectivity index (χ3n) is 4.53. The minimum Gasteiger partial charge on any atom is -0.434 e. The second-order valence-electron chi connectivity index (χ2n) is 6.69. The zero-order chi connectivity index (χ0) is 20.5. The summed E-state index contributed by atoms with van der Waals surface area (Å²) in [6, 6.07) is 12.1. The Morgan fingerprint density at radius 3 is 2.41 bits per heavy atom. The third-order valence-corrected chi connectivity index (χ3v) is 5.34. The second kappa shape index (κ2) is 8.19. The van der Waals surface area contributed by atoms with Crippen LogP contribution in [0, 0.1) is 6.92 Å². The Bertz CT molecular complexity index is 1080. The van der Waals surface area contributed by atoms with Crippen LogP contribution in [0.2, 0.25) is 15.2 Å². The van der Waals surface area contributed by atoms with Crippen LogP contribution in [0.5, 0.6) is 17.4 Å². The number of halogens is 3. The van der Waals surface area contributed by atoms with Gasteiger partial charge in [-0.15, -0.1) is 10.2 Å². The topological polar surface area (TPSA) is 61.3 Å². The maximum absolute atomic E-state index is 12.7. The van der Waals surface area contributed by atoms with E-state index in [9.17, 15) is 4.79 Å². The number of carbonyl (C=O) groups is 1. The van der Waals surface area contributed by atoms with E-state index in [1.54, 1.807) is 18.2 Å². The molecule has 3 aromatic rings. The fraction of sp³-hybridized carbons (Fsp3) is 0.190. The maximum atomic E-state index is 12.7. The van der Waals surface area contributed by atoms with Crippen LogP contribution in [0.3, 0.4) is 0 Å². The van der Waals surface area contributed by atoms with Crippen molar-refractivity contribution in [1.29, 1.82) is 0 Å². The van der Waals surface area contributed by atoms with Crippen molar-refractivity contribution in [3.05, 3.63) is 74.4 Å². The van der Waals surface area contributed by atoms with Crippen molar-refractivity contribution in [2.24, 2.45) is 0 Å². The summed E-state index contributed by atoms with van der Waals surface area (Å²) in [5, 5.41) is 8.20. The van der Waals surface area contributed by atoms with Crippen molar-refractivity contribution >= 4 is 40.8 Å². The van der Waals surface area contributed by atoms with Crippen LogP contribution in [-0.4, -0.2) is 16.2 Å². The number of aromatic nitrogens is 2. The maximum Gasteiger partial charge on any atom is 0.346 e. The molecular weight excluding hydrogens is 435 g/mol. The molecule has 2 aromatic carbocycles. The van der Waals surface area contributed by atoms with Gasteiger partial charge >= 0.3 is 5.97 Å². The van der Waals surface area contributed by atoms with Gasteiger partial charge in [0.2, 0.25) is 0 Å². The SMILES string of the molecule is Cc1cccc(C2CC2)c1Oc1nnc(Cl)cc1OC(=O)c1c(Cl)cccc1Cl. The number of benzene rings is 2. The molecule has 29 heavy (non-hydrogen) atoms. The van der Waals surface area contributed by atoms with Crippen LogP contribution in [0.25, 0.3) is 0 Å². The fourth-order valence-electron chi connectivity index (χ4n) is 2.96. The molecule has 0 saturated heterocycles. The molecule has 0 radical (unpaired) electrons. The van der Waals surface area contributed by atoms with Crippen molar-refractivity contribution in [2.75, 3.05) is 0 Å². The van der Waals surface area contributed by atoms with Gasteiger partial charge in [-0.1, -0.05) is 59.1 Å². The van der Waals surface area contributed by atoms with Gasteiger partial charge in [-0.3, -0.25) is 0 Å². The van der Waals surface area contributed by atoms with Crippen LogP contribution >= 0.6 is 34.8 Å². The number of esters is 1. The van der Waals surface area contributed by atoms with E-state index in [1.807, 2.05) is 25.1 Å². The van der Waals surface area contributed by atoms with Crippen LogP contribution in [0.4, 0.5) is 0 Å². The molecule has 1 aliphatic carbocycles. The van der Waals surface area contributed by atoms with Crippen molar-refractivity contribution < 1.29 is 14.3 Å². The molecule has 0 aliphatic heterocycles. The van der Waals surface area contributed by atoms with E-state index in [4.69, 9.17) is 44.3 Å². The monoisotopic (exact) mass is 448 g/mol. The number of rotatable bonds is 5. The highest BCUT2D eigenvalue weighted by molar-refractivity contribution is 6.39. The summed E-state index contributed by atoms with van der Waals surface area (Å²) in [4.78, 5) is 12.7. The summed E-state index contributed by atoms with van der Waals surface area (Å²) < 4.78 is 11.5. The van der Waals surface area contributed by atoms with E-state index in [0.717, 1.165) is 24.0 Å². The van der Waals surface area contributed by atoms with E-state index in [-0.39, 0.29) is 32.4 Å². The van der Waals surface area contributed by atoms with Crippen LogP contribution < -0.4 is 9.47 Å². The lowest BCUT2D eigenvalue weighted by Gasteiger charge is -2.15. The standard InChI is InChI=1S/C21H15Cl3N2O3/c1-11-4-2-5-13(12-8-9-12)19(11)29-20-16(10-17(24)25-26-20)28-21(27)18-14(22)6-3-7-15(18)23/h2-7,10,12H,8-9H2,1H3. The summed E-state index contributed by atoms with van der Waals surface area (Å²) in [6.07, 6.45) is 2.22. The third kappa shape index (κ3) is 4.32. The van der Waals surface area contributed by atoms with Gasteiger partial charge in [0.25, 0.3) is 5.88 Å². The molecule has 1 saturated carbocycles. The zero-order valence-electron chi connectivity index (χ0n) is 15.3. The van der Waals surface area contributed by atoms with E-state index in [1.165, 1.54) is 6.07 Å². The molecule has 0 bridgehead atoms. The van der Waals surface area contributed by atoms with Crippen LogP contribution in [-0.2, 0) is 0 Å². The summed E-state index contributed by atoms with van der Waals surface area (Å²) in [5.41, 5.74) is 2.08. The van der Waals surface area contributed by atoms with Gasteiger partial charge in [-0.2, -0.15) is 0 Å². The van der Waals surface area contributed by atoms with Gasteiger partial charge in [0.1, 0.15) is 5.75 Å². The smallest absolute Gasteiger partial charge is 0.346 e. The number of hydrogen-bond donors (Lipinski definition) is 0. The molecule has 1 aromatic heterocycles. The first kappa shape index (κ1) is 20.0. The quantitative estimate of drug-likeness (QED) is 0.409. The van der Waals surface area contributed by atoms with E-state index in [0.29, 0.717) is 11.7 Å². The Balaban J connectivity index is 1.68. The molecule has 0 spiro atoms. The number of para-hydroxylation sites is 1. The van der Waals surface area contributed by atoms with Gasteiger partial charge in [0.05, 0.1) is 15.6 Å². The van der Waals surface area contributed by atoms with Gasteiger partial charge in [0.15, 0.2) is 10.9 Å². The molecular formula is C21H15Cl3N2O3. The fourth-order valence-corrected chi connectivity index (χ4v) is 3.64. The first-order chi connectivity index (χ1) is 13.9. The van der Waals surface area contributed by atoms with E-state index >= 15 is 0 Å². The van der Waals surface area contributed by atoms with Crippen LogP contribution in [0.1, 0.15) is 40.2 Å². The number of nitrogens with zero attached hydrogens (tertiary/aromatic N) is 2. The zero-order valence-corrected chi connectivity index (χ0v) is 17.6. The second-order valence-corrected chi connectivity index (χ2v) is 7.89. The van der Waals surface area contributed by atoms with Gasteiger partial charge in [-0.05, 0) is 48.9 Å². The minimum atomic E-state index is -0.748. The highest BCUT2D eigenvalue weighted by atomic mass is 35.5. The number of hydrogen-bond acceptors (Lipinski definition) is 5. The highest BCUT2D eigenvalue weighted by Gasteiger charge is 2.29. The normalized spacial score (nSPS) is 13.2. The molecule has 1 heterocycles. The Morgan fingerprint density at radius 1 is 1.03 bits per heavy atom. The Morgan fingerprint density at radius 2 is 1.72 bits per heavy atom. The van der Waals surface area contributed by atoms with Crippen molar-refractivity contribution in [3.63, 3.8) is 0 Å². The van der Waals surface area contributed by atoms with Crippen molar-refractivity contribution in [1.82, 2.24) is 10.2 Å². The Kier molecular flexibility index (Phi) is 5.63. The van der Waals surface area contributed by atoms with Crippen molar-refractivity contribution in [3.8, 4) is 17.4 Å². The molecule has 0 amide bonds. The first-order valence-electron chi connectivity index (χ1n) is 8.91. The average Bonchev–Trinajstić information content (AvgIpc) is 3.50. The average molecular weight is 450 g/mol. The molecule has 8 heteroatoms. The molecule has 0 unspecified atom stereocenters. The highest BCUT2D eigenvalue weighted by Crippen LogP contribution is 2.47. The molecule has 0 N–H and O–H groups in total. The summed E-state index contributed by atoms with van der Waals surface area (Å²) >= 11 is 18.2. The van der Waals surface area contributed by atoms with Gasteiger partial charge in [0, 0.05) is 6.07 Å². The number of ether oxygens (including phenoxy) is 2. The van der Waals surface area contributed by atoms with Gasteiger partial charge in [-0.25, -0.2) is 4.79 Å². The minimum absolute atomic E-state index is 0.0241. The predicted octanol–water partition coefficient (Wildman–Crippen LogP) is 6.63. The Labute approximate surface area is 182 Å². The largest absolute Gasteiger partial charge is 0.434 e. The number of aryl methyl sites for hydroxylation is 1. The predicted molar refractivity (Wildman–Crippen MR) is 112 cm³/mol. The molecule has 5 nitrogen and oxygen atoms in total. The van der Waals surface area contributed by atoms with Gasteiger partial charge < -0.3 is 9.47 Å². The summed E-state index contributed by atoms with van der Waals surface area (Å²) in [6.45, 7) is 1.94. The van der Waals surface area contributed by atoms with E-state index < -0.39 is 5.97 Å². The lowest BCUT2D eigenvalue weighted by molar-refractivity contribution is 0.0729. The first-order valence-corrected chi connectivity index (χ1v) is 10.0. The molecule has 1 fully saturated rings. The molecule has 0 atom stereocenters. The molecule has 4 rings (SSSR count). The molecule has 148 valence electrons. The Hall–Kier alpha value is -2.34. The summed E-state index contributed by atoms with van der Waals surface area (Å²) in [5.74, 6) is 0.442. The van der Waals surface area contributed by atoms with Crippen molar-refractivity contribution in [2.45, 2.75) is 25.7 Å².